The summed E-state index contributed by atoms with van der Waals surface area (Å²) in [7, 11) is 0. The van der Waals surface area contributed by atoms with Crippen molar-refractivity contribution in [2.45, 2.75) is 89.1 Å². The number of oxime groups is 1. The maximum absolute atomic E-state index is 14.2. The largest absolute Gasteiger partial charge is 0.479 e. The number of amides is 3. The third kappa shape index (κ3) is 7.84. The van der Waals surface area contributed by atoms with Crippen LogP contribution in [0.4, 0.5) is 4.79 Å². The molecule has 2 aliphatic carbocycles. The minimum atomic E-state index is -1.47. The Balaban J connectivity index is 1.33. The minimum Gasteiger partial charge on any atom is -0.479 e. The molecule has 11 heteroatoms. The molecule has 1 saturated heterocycles. The van der Waals surface area contributed by atoms with E-state index in [1.807, 2.05) is 75.4 Å². The second-order valence-corrected chi connectivity index (χ2v) is 13.8. The van der Waals surface area contributed by atoms with E-state index in [2.05, 4.69) is 22.4 Å². The molecule has 0 aromatic heterocycles. The van der Waals surface area contributed by atoms with Gasteiger partial charge in [-0.25, -0.2) is 9.59 Å². The summed E-state index contributed by atoms with van der Waals surface area (Å²) in [4.78, 5) is 60.1. The van der Waals surface area contributed by atoms with Crippen LogP contribution in [0.25, 0.3) is 11.1 Å². The molecule has 5 rings (SSSR count). The van der Waals surface area contributed by atoms with Gasteiger partial charge in [0.1, 0.15) is 29.8 Å². The Morgan fingerprint density at radius 1 is 1.04 bits per heavy atom. The van der Waals surface area contributed by atoms with E-state index < -0.39 is 58.9 Å². The highest BCUT2D eigenvalue weighted by Crippen LogP contribution is 2.45. The topological polar surface area (TPSA) is 147 Å². The van der Waals surface area contributed by atoms with Gasteiger partial charge in [0.25, 0.3) is 0 Å². The summed E-state index contributed by atoms with van der Waals surface area (Å²) in [6.45, 7) is 9.15. The number of hydrogen-bond acceptors (Lipinski definition) is 7. The summed E-state index contributed by atoms with van der Waals surface area (Å²) in [5, 5.41) is 19.5. The van der Waals surface area contributed by atoms with Crippen LogP contribution in [0.2, 0.25) is 0 Å². The standard InChI is InChI=1S/C36H44N4O7/c1-5-26-20-36(26,33(43)44)39-31(41)29-19-28(47-37-21-23-12-11-15-25(18-23)24-13-7-6-8-14-24)22-40(29)32(42)30(35(2,3)4)38-34(45)46-27-16-9-10-17-27/h5-8,11-15,18,21,26-30H,1,9-10,16-17,19-20,22H2,2-4H3,(H,38,45)(H,39,41)(H,43,44)/b37-21+/t26-,28-,29+,30-,36+/m1/s1. The lowest BCUT2D eigenvalue weighted by Gasteiger charge is -2.35. The molecule has 250 valence electrons. The van der Waals surface area contributed by atoms with Gasteiger partial charge in [-0.1, -0.05) is 80.5 Å². The van der Waals surface area contributed by atoms with Gasteiger partial charge in [0.2, 0.25) is 11.8 Å². The van der Waals surface area contributed by atoms with E-state index in [1.165, 1.54) is 11.0 Å². The van der Waals surface area contributed by atoms with Crippen molar-refractivity contribution in [2.24, 2.45) is 16.5 Å². The van der Waals surface area contributed by atoms with E-state index in [4.69, 9.17) is 9.57 Å². The molecule has 2 aromatic rings. The quantitative estimate of drug-likeness (QED) is 0.179. The molecule has 5 atom stereocenters. The van der Waals surface area contributed by atoms with Crippen LogP contribution < -0.4 is 10.6 Å². The fraction of sp³-hybridized carbons (Fsp3) is 0.472. The lowest BCUT2D eigenvalue weighted by Crippen LogP contribution is -2.59. The number of benzene rings is 2. The van der Waals surface area contributed by atoms with Gasteiger partial charge < -0.3 is 30.2 Å². The van der Waals surface area contributed by atoms with E-state index >= 15 is 0 Å². The minimum absolute atomic E-state index is 0.00913. The Morgan fingerprint density at radius 2 is 1.74 bits per heavy atom. The molecule has 47 heavy (non-hydrogen) atoms. The average Bonchev–Trinajstić information content (AvgIpc) is 3.32. The summed E-state index contributed by atoms with van der Waals surface area (Å²) < 4.78 is 5.58. The molecule has 1 aliphatic heterocycles. The molecule has 3 fully saturated rings. The Hall–Kier alpha value is -4.67. The monoisotopic (exact) mass is 644 g/mol. The van der Waals surface area contributed by atoms with E-state index in [9.17, 15) is 24.3 Å². The number of rotatable bonds is 11. The van der Waals surface area contributed by atoms with Crippen LogP contribution in [0.15, 0.2) is 72.4 Å². The molecule has 3 aliphatic rings. The number of likely N-dealkylation sites (tertiary alicyclic amines) is 1. The van der Waals surface area contributed by atoms with Crippen molar-refractivity contribution >= 4 is 30.1 Å². The molecular weight excluding hydrogens is 600 g/mol. The number of carboxylic acids is 1. The molecule has 3 amide bonds. The normalized spacial score (nSPS) is 24.8. The molecule has 2 saturated carbocycles. The van der Waals surface area contributed by atoms with Crippen LogP contribution in [-0.2, 0) is 24.0 Å². The van der Waals surface area contributed by atoms with Gasteiger partial charge in [-0.05, 0) is 60.3 Å². The van der Waals surface area contributed by atoms with E-state index in [-0.39, 0.29) is 25.5 Å². The second-order valence-electron chi connectivity index (χ2n) is 13.8. The number of carbonyl (C=O) groups is 4. The maximum Gasteiger partial charge on any atom is 0.408 e. The molecular formula is C36H44N4O7. The molecule has 0 bridgehead atoms. The highest BCUT2D eigenvalue weighted by atomic mass is 16.6. The van der Waals surface area contributed by atoms with E-state index in [1.54, 1.807) is 6.21 Å². The van der Waals surface area contributed by atoms with E-state index in [0.29, 0.717) is 0 Å². The van der Waals surface area contributed by atoms with Crippen LogP contribution in [-0.4, -0.2) is 76.5 Å². The van der Waals surface area contributed by atoms with Crippen LogP contribution in [0.5, 0.6) is 0 Å². The van der Waals surface area contributed by atoms with Gasteiger partial charge in [-0.15, -0.1) is 6.58 Å². The van der Waals surface area contributed by atoms with Crippen LogP contribution >= 0.6 is 0 Å². The predicted molar refractivity (Wildman–Crippen MR) is 176 cm³/mol. The first-order valence-electron chi connectivity index (χ1n) is 16.2. The number of ether oxygens (including phenoxy) is 1. The molecule has 11 nitrogen and oxygen atoms in total. The fourth-order valence-corrected chi connectivity index (χ4v) is 6.42. The van der Waals surface area contributed by atoms with Crippen molar-refractivity contribution < 1.29 is 33.9 Å². The number of carboxylic acid groups (broad SMARTS) is 1. The number of aliphatic carboxylic acids is 1. The van der Waals surface area contributed by atoms with Crippen molar-refractivity contribution in [3.05, 3.63) is 72.8 Å². The summed E-state index contributed by atoms with van der Waals surface area (Å²) in [6.07, 6.45) is 5.36. The Labute approximate surface area is 275 Å². The SMILES string of the molecule is C=C[C@@H]1C[C@@]1(NC(=O)[C@@H]1C[C@@H](O/N=C/c2cccc(-c3ccccc3)c2)CN1C(=O)[C@@H](NC(=O)OC1CCCC1)C(C)(C)C)C(=O)O. The highest BCUT2D eigenvalue weighted by Gasteiger charge is 2.61. The zero-order chi connectivity index (χ0) is 33.8. The number of nitrogens with one attached hydrogen (secondary N) is 2. The average molecular weight is 645 g/mol. The molecule has 0 radical (unpaired) electrons. The molecule has 2 aromatic carbocycles. The molecule has 3 N–H and O–H groups in total. The van der Waals surface area contributed by atoms with E-state index in [0.717, 1.165) is 42.4 Å². The third-order valence-electron chi connectivity index (χ3n) is 9.23. The first-order chi connectivity index (χ1) is 22.4. The van der Waals surface area contributed by atoms with Crippen LogP contribution in [0.1, 0.15) is 64.9 Å². The second kappa shape index (κ2) is 14.0. The number of carbonyl (C=O) groups excluding carboxylic acids is 3. The molecule has 1 heterocycles. The fourth-order valence-electron chi connectivity index (χ4n) is 6.42. The summed E-state index contributed by atoms with van der Waals surface area (Å²) in [6, 6.07) is 15.6. The van der Waals surface area contributed by atoms with Crippen molar-refractivity contribution in [2.75, 3.05) is 6.54 Å². The summed E-state index contributed by atoms with van der Waals surface area (Å²) in [5.41, 5.74) is 0.671. The van der Waals surface area contributed by atoms with Gasteiger partial charge in [-0.3, -0.25) is 9.59 Å². The van der Waals surface area contributed by atoms with Gasteiger partial charge >= 0.3 is 12.1 Å². The lowest BCUT2D eigenvalue weighted by atomic mass is 9.85. The first-order valence-corrected chi connectivity index (χ1v) is 16.2. The van der Waals surface area contributed by atoms with Crippen molar-refractivity contribution in [1.29, 1.82) is 0 Å². The maximum atomic E-state index is 14.2. The number of hydrogen-bond donors (Lipinski definition) is 3. The zero-order valence-corrected chi connectivity index (χ0v) is 27.2. The predicted octanol–water partition coefficient (Wildman–Crippen LogP) is 4.90. The van der Waals surface area contributed by atoms with Gasteiger partial charge in [-0.2, -0.15) is 0 Å². The first kappa shape index (κ1) is 33.7. The lowest BCUT2D eigenvalue weighted by molar-refractivity contribution is -0.146. The Kier molecular flexibility index (Phi) is 10.0. The highest BCUT2D eigenvalue weighted by molar-refractivity contribution is 5.96. The smallest absolute Gasteiger partial charge is 0.408 e. The van der Waals surface area contributed by atoms with Gasteiger partial charge in [0.05, 0.1) is 12.8 Å². The summed E-state index contributed by atoms with van der Waals surface area (Å²) >= 11 is 0. The number of alkyl carbamates (subject to hydrolysis) is 1. The van der Waals surface area contributed by atoms with Crippen LogP contribution in [0, 0.1) is 11.3 Å². The third-order valence-corrected chi connectivity index (χ3v) is 9.23. The van der Waals surface area contributed by atoms with Crippen LogP contribution in [0.3, 0.4) is 0 Å². The van der Waals surface area contributed by atoms with Crippen molar-refractivity contribution in [1.82, 2.24) is 15.5 Å². The van der Waals surface area contributed by atoms with Crippen molar-refractivity contribution in [3.8, 4) is 11.1 Å². The van der Waals surface area contributed by atoms with Gasteiger partial charge in [0.15, 0.2) is 0 Å². The molecule has 0 spiro atoms. The Morgan fingerprint density at radius 3 is 2.38 bits per heavy atom. The molecule has 0 unspecified atom stereocenters. The summed E-state index contributed by atoms with van der Waals surface area (Å²) in [5.74, 6) is -2.69. The Bertz CT molecular complexity index is 1510. The number of nitrogens with zero attached hydrogens (tertiary/aromatic N) is 2. The zero-order valence-electron chi connectivity index (χ0n) is 27.2. The van der Waals surface area contributed by atoms with Crippen molar-refractivity contribution in [3.63, 3.8) is 0 Å². The van der Waals surface area contributed by atoms with Gasteiger partial charge in [0, 0.05) is 12.3 Å².